The van der Waals surface area contributed by atoms with Crippen LogP contribution in [0.4, 0.5) is 10.8 Å². The van der Waals surface area contributed by atoms with Gasteiger partial charge in [0, 0.05) is 27.9 Å². The second-order valence-corrected chi connectivity index (χ2v) is 8.47. The van der Waals surface area contributed by atoms with Crippen molar-refractivity contribution in [3.8, 4) is 11.3 Å². The number of thiazole rings is 1. The molecule has 0 atom stereocenters. The number of nitrogens with one attached hydrogen (secondary N) is 2. The maximum atomic E-state index is 12.3. The zero-order chi connectivity index (χ0) is 20.6. The standard InChI is InChI=1S/C22H23N3O2S2/c1-3-5-20(26)23-17-6-4-7-18(12-17)28-14-21(27)25-22-24-19(13-29-22)16-10-8-15(2)9-11-16/h4,6-13H,3,5,14H2,1-2H3,(H,23,26)(H,24,25,27). The van der Waals surface area contributed by atoms with E-state index in [4.69, 9.17) is 0 Å². The van der Waals surface area contributed by atoms with Gasteiger partial charge >= 0.3 is 0 Å². The molecule has 2 N–H and O–H groups in total. The summed E-state index contributed by atoms with van der Waals surface area (Å²) in [5.74, 6) is 0.159. The van der Waals surface area contributed by atoms with Crippen molar-refractivity contribution in [2.24, 2.45) is 0 Å². The minimum atomic E-state index is -0.111. The van der Waals surface area contributed by atoms with Crippen LogP contribution in [0, 0.1) is 6.92 Å². The van der Waals surface area contributed by atoms with Crippen molar-refractivity contribution >= 4 is 45.7 Å². The Morgan fingerprint density at radius 1 is 1.07 bits per heavy atom. The highest BCUT2D eigenvalue weighted by molar-refractivity contribution is 8.00. The van der Waals surface area contributed by atoms with Gasteiger partial charge < -0.3 is 10.6 Å². The third kappa shape index (κ3) is 6.44. The number of carbonyl (C=O) groups excluding carboxylic acids is 2. The summed E-state index contributed by atoms with van der Waals surface area (Å²) in [6.07, 6.45) is 1.31. The fourth-order valence-corrected chi connectivity index (χ4v) is 4.10. The van der Waals surface area contributed by atoms with Gasteiger partial charge in [0.05, 0.1) is 11.4 Å². The summed E-state index contributed by atoms with van der Waals surface area (Å²) < 4.78 is 0. The molecule has 5 nitrogen and oxygen atoms in total. The Balaban J connectivity index is 1.53. The Kier molecular flexibility index (Phi) is 7.43. The number of anilines is 2. The summed E-state index contributed by atoms with van der Waals surface area (Å²) in [4.78, 5) is 29.4. The van der Waals surface area contributed by atoms with E-state index in [-0.39, 0.29) is 17.6 Å². The second kappa shape index (κ2) is 10.2. The molecule has 7 heteroatoms. The summed E-state index contributed by atoms with van der Waals surface area (Å²) in [7, 11) is 0. The Hall–Kier alpha value is -2.64. The van der Waals surface area contributed by atoms with Crippen molar-refractivity contribution in [2.75, 3.05) is 16.4 Å². The Labute approximate surface area is 179 Å². The number of nitrogens with zero attached hydrogens (tertiary/aromatic N) is 1. The van der Waals surface area contributed by atoms with E-state index >= 15 is 0 Å². The van der Waals surface area contributed by atoms with Crippen LogP contribution >= 0.6 is 23.1 Å². The van der Waals surface area contributed by atoms with Gasteiger partial charge in [-0.3, -0.25) is 9.59 Å². The summed E-state index contributed by atoms with van der Waals surface area (Å²) in [5.41, 5.74) is 3.83. The minimum absolute atomic E-state index is 0.000503. The first-order chi connectivity index (χ1) is 14.0. The van der Waals surface area contributed by atoms with Crippen molar-refractivity contribution in [2.45, 2.75) is 31.6 Å². The molecular formula is C22H23N3O2S2. The number of hydrogen-bond donors (Lipinski definition) is 2. The fraction of sp³-hybridized carbons (Fsp3) is 0.227. The maximum absolute atomic E-state index is 12.3. The van der Waals surface area contributed by atoms with Crippen molar-refractivity contribution < 1.29 is 9.59 Å². The van der Waals surface area contributed by atoms with E-state index in [0.29, 0.717) is 11.6 Å². The average Bonchev–Trinajstić information content (AvgIpc) is 3.16. The van der Waals surface area contributed by atoms with Gasteiger partial charge in [0.15, 0.2) is 5.13 Å². The van der Waals surface area contributed by atoms with Crippen LogP contribution in [-0.2, 0) is 9.59 Å². The molecule has 0 aliphatic rings. The number of thioether (sulfide) groups is 1. The predicted molar refractivity (Wildman–Crippen MR) is 122 cm³/mol. The highest BCUT2D eigenvalue weighted by Crippen LogP contribution is 2.26. The van der Waals surface area contributed by atoms with E-state index in [9.17, 15) is 9.59 Å². The number of aromatic nitrogens is 1. The fourth-order valence-electron chi connectivity index (χ4n) is 2.61. The van der Waals surface area contributed by atoms with Gasteiger partial charge in [-0.1, -0.05) is 42.8 Å². The van der Waals surface area contributed by atoms with Crippen LogP contribution in [0.15, 0.2) is 58.8 Å². The molecule has 1 heterocycles. The lowest BCUT2D eigenvalue weighted by molar-refractivity contribution is -0.116. The molecule has 1 aromatic heterocycles. The maximum Gasteiger partial charge on any atom is 0.236 e. The van der Waals surface area contributed by atoms with Crippen LogP contribution in [0.2, 0.25) is 0 Å². The van der Waals surface area contributed by atoms with E-state index in [1.165, 1.54) is 28.7 Å². The minimum Gasteiger partial charge on any atom is -0.326 e. The first kappa shape index (κ1) is 21.1. The molecule has 0 saturated carbocycles. The van der Waals surface area contributed by atoms with E-state index < -0.39 is 0 Å². The van der Waals surface area contributed by atoms with Crippen molar-refractivity contribution in [3.63, 3.8) is 0 Å². The number of aryl methyl sites for hydroxylation is 1. The Morgan fingerprint density at radius 3 is 2.62 bits per heavy atom. The van der Waals surface area contributed by atoms with Crippen LogP contribution in [0.25, 0.3) is 11.3 Å². The number of hydrogen-bond acceptors (Lipinski definition) is 5. The predicted octanol–water partition coefficient (Wildman–Crippen LogP) is 5.59. The van der Waals surface area contributed by atoms with Crippen LogP contribution in [0.1, 0.15) is 25.3 Å². The number of rotatable bonds is 8. The summed E-state index contributed by atoms with van der Waals surface area (Å²) in [6.45, 7) is 4.01. The molecule has 0 bridgehead atoms. The molecule has 0 fully saturated rings. The van der Waals surface area contributed by atoms with Gasteiger partial charge in [0.2, 0.25) is 11.8 Å². The van der Waals surface area contributed by atoms with E-state index in [0.717, 1.165) is 28.3 Å². The van der Waals surface area contributed by atoms with Crippen molar-refractivity contribution in [1.29, 1.82) is 0 Å². The molecule has 3 aromatic rings. The van der Waals surface area contributed by atoms with Crippen LogP contribution in [0.3, 0.4) is 0 Å². The van der Waals surface area contributed by atoms with Gasteiger partial charge in [-0.05, 0) is 31.5 Å². The number of benzene rings is 2. The first-order valence-electron chi connectivity index (χ1n) is 9.38. The molecule has 2 aromatic carbocycles. The van der Waals surface area contributed by atoms with E-state index in [1.54, 1.807) is 0 Å². The number of amides is 2. The Morgan fingerprint density at radius 2 is 1.86 bits per heavy atom. The SMILES string of the molecule is CCCC(=O)Nc1cccc(SCC(=O)Nc2nc(-c3ccc(C)cc3)cs2)c1. The summed E-state index contributed by atoms with van der Waals surface area (Å²) >= 11 is 2.83. The second-order valence-electron chi connectivity index (χ2n) is 6.57. The Bertz CT molecular complexity index is 984. The lowest BCUT2D eigenvalue weighted by Gasteiger charge is -2.07. The van der Waals surface area contributed by atoms with Crippen LogP contribution in [0.5, 0.6) is 0 Å². The van der Waals surface area contributed by atoms with Gasteiger partial charge in [-0.2, -0.15) is 0 Å². The highest BCUT2D eigenvalue weighted by Gasteiger charge is 2.09. The molecule has 150 valence electrons. The number of carbonyl (C=O) groups is 2. The molecule has 2 amide bonds. The summed E-state index contributed by atoms with van der Waals surface area (Å²) in [5, 5.41) is 8.26. The lowest BCUT2D eigenvalue weighted by atomic mass is 10.1. The molecule has 0 radical (unpaired) electrons. The quantitative estimate of drug-likeness (QED) is 0.462. The van der Waals surface area contributed by atoms with E-state index in [1.807, 2.05) is 67.8 Å². The molecule has 0 aliphatic heterocycles. The van der Waals surface area contributed by atoms with Crippen molar-refractivity contribution in [1.82, 2.24) is 4.98 Å². The van der Waals surface area contributed by atoms with Gasteiger partial charge in [-0.25, -0.2) is 4.98 Å². The topological polar surface area (TPSA) is 71.1 Å². The van der Waals surface area contributed by atoms with Gasteiger partial charge in [0.1, 0.15) is 0 Å². The summed E-state index contributed by atoms with van der Waals surface area (Å²) in [6, 6.07) is 15.7. The van der Waals surface area contributed by atoms with Crippen molar-refractivity contribution in [3.05, 3.63) is 59.5 Å². The third-order valence-electron chi connectivity index (χ3n) is 4.06. The highest BCUT2D eigenvalue weighted by atomic mass is 32.2. The molecule has 0 spiro atoms. The molecule has 0 aliphatic carbocycles. The first-order valence-corrected chi connectivity index (χ1v) is 11.2. The zero-order valence-corrected chi connectivity index (χ0v) is 18.0. The molecule has 0 unspecified atom stereocenters. The third-order valence-corrected chi connectivity index (χ3v) is 5.81. The average molecular weight is 426 g/mol. The normalized spacial score (nSPS) is 10.6. The monoisotopic (exact) mass is 425 g/mol. The molecule has 0 saturated heterocycles. The molecular weight excluding hydrogens is 402 g/mol. The smallest absolute Gasteiger partial charge is 0.236 e. The van der Waals surface area contributed by atoms with Gasteiger partial charge in [-0.15, -0.1) is 23.1 Å². The zero-order valence-electron chi connectivity index (χ0n) is 16.4. The van der Waals surface area contributed by atoms with Crippen LogP contribution < -0.4 is 10.6 Å². The molecule has 3 rings (SSSR count). The largest absolute Gasteiger partial charge is 0.326 e. The lowest BCUT2D eigenvalue weighted by Crippen LogP contribution is -2.14. The van der Waals surface area contributed by atoms with E-state index in [2.05, 4.69) is 15.6 Å². The molecule has 29 heavy (non-hydrogen) atoms. The van der Waals surface area contributed by atoms with Crippen LogP contribution in [-0.4, -0.2) is 22.6 Å². The van der Waals surface area contributed by atoms with Gasteiger partial charge in [0.25, 0.3) is 0 Å².